The first kappa shape index (κ1) is 15.7. The van der Waals surface area contributed by atoms with Gasteiger partial charge in [0.05, 0.1) is 16.1 Å². The van der Waals surface area contributed by atoms with Crippen LogP contribution in [0.1, 0.15) is 37.7 Å². The molecule has 0 amide bonds. The molecule has 3 nitrogen and oxygen atoms in total. The van der Waals surface area contributed by atoms with E-state index in [0.717, 1.165) is 35.0 Å². The van der Waals surface area contributed by atoms with E-state index in [2.05, 4.69) is 29.4 Å². The van der Waals surface area contributed by atoms with Crippen LogP contribution in [0.5, 0.6) is 0 Å². The van der Waals surface area contributed by atoms with Crippen molar-refractivity contribution >= 4 is 34.5 Å². The summed E-state index contributed by atoms with van der Waals surface area (Å²) in [7, 11) is 0. The van der Waals surface area contributed by atoms with E-state index in [1.165, 1.54) is 0 Å². The molecule has 1 N–H and O–H groups in total. The van der Waals surface area contributed by atoms with E-state index in [1.807, 2.05) is 12.1 Å². The number of hydrogen-bond donors (Lipinski definition) is 1. The van der Waals surface area contributed by atoms with Gasteiger partial charge in [-0.3, -0.25) is 0 Å². The van der Waals surface area contributed by atoms with Gasteiger partial charge in [-0.2, -0.15) is 0 Å². The predicted molar refractivity (Wildman–Crippen MR) is 86.7 cm³/mol. The van der Waals surface area contributed by atoms with E-state index in [1.54, 1.807) is 17.4 Å². The topological polar surface area (TPSA) is 37.8 Å². The lowest BCUT2D eigenvalue weighted by Gasteiger charge is -2.12. The van der Waals surface area contributed by atoms with Crippen LogP contribution in [0.15, 0.2) is 18.2 Å². The molecule has 1 aromatic heterocycles. The third kappa shape index (κ3) is 3.70. The highest BCUT2D eigenvalue weighted by molar-refractivity contribution is 7.14. The van der Waals surface area contributed by atoms with Gasteiger partial charge in [-0.25, -0.2) is 0 Å². The monoisotopic (exact) mass is 329 g/mol. The Labute approximate surface area is 133 Å². The van der Waals surface area contributed by atoms with Gasteiger partial charge >= 0.3 is 0 Å². The van der Waals surface area contributed by atoms with Gasteiger partial charge in [0, 0.05) is 5.56 Å². The number of nitrogens with one attached hydrogen (secondary N) is 1. The summed E-state index contributed by atoms with van der Waals surface area (Å²) in [6.07, 6.45) is 2.10. The van der Waals surface area contributed by atoms with Crippen molar-refractivity contribution in [3.63, 3.8) is 0 Å². The molecule has 0 radical (unpaired) electrons. The lowest BCUT2D eigenvalue weighted by Crippen LogP contribution is -2.21. The van der Waals surface area contributed by atoms with Crippen molar-refractivity contribution in [2.75, 3.05) is 6.54 Å². The number of aromatic nitrogens is 2. The molecule has 1 atom stereocenters. The van der Waals surface area contributed by atoms with Crippen LogP contribution in [-0.2, 0) is 0 Å². The molecule has 108 valence electrons. The van der Waals surface area contributed by atoms with Crippen LogP contribution < -0.4 is 5.32 Å². The molecule has 0 aliphatic rings. The fourth-order valence-corrected chi connectivity index (χ4v) is 3.14. The van der Waals surface area contributed by atoms with E-state index in [9.17, 15) is 0 Å². The summed E-state index contributed by atoms with van der Waals surface area (Å²) in [6.45, 7) is 5.29. The number of halogens is 2. The van der Waals surface area contributed by atoms with Crippen LogP contribution in [0.3, 0.4) is 0 Å². The summed E-state index contributed by atoms with van der Waals surface area (Å²) in [5.41, 5.74) is 0.952. The minimum absolute atomic E-state index is 0.268. The molecule has 0 aliphatic carbocycles. The Morgan fingerprint density at radius 3 is 2.65 bits per heavy atom. The van der Waals surface area contributed by atoms with Crippen LogP contribution in [0.4, 0.5) is 0 Å². The molecule has 1 aromatic carbocycles. The molecule has 20 heavy (non-hydrogen) atoms. The average Bonchev–Trinajstić information content (AvgIpc) is 2.92. The number of benzene rings is 1. The minimum Gasteiger partial charge on any atom is -0.308 e. The zero-order valence-corrected chi connectivity index (χ0v) is 13.8. The third-order valence-electron chi connectivity index (χ3n) is 2.95. The summed E-state index contributed by atoms with van der Waals surface area (Å²) in [5, 5.41) is 15.0. The Morgan fingerprint density at radius 1 is 1.20 bits per heavy atom. The first-order valence-electron chi connectivity index (χ1n) is 6.67. The predicted octanol–water partition coefficient (Wildman–Crippen LogP) is 4.96. The minimum atomic E-state index is 0.268. The molecule has 0 spiro atoms. The molecule has 1 heterocycles. The number of hydrogen-bond acceptors (Lipinski definition) is 4. The van der Waals surface area contributed by atoms with E-state index < -0.39 is 0 Å². The second-order valence-electron chi connectivity index (χ2n) is 4.49. The zero-order chi connectivity index (χ0) is 14.5. The van der Waals surface area contributed by atoms with Crippen molar-refractivity contribution in [3.05, 3.63) is 33.3 Å². The molecular weight excluding hydrogens is 313 g/mol. The Hall–Kier alpha value is -0.680. The standard InChI is InChI=1S/C14H17Cl2N3S/c1-3-7-17-12(4-2)14-19-18-13(20-14)9-5-6-10(15)11(16)8-9/h5-6,8,12,17H,3-4,7H2,1-2H3. The molecule has 0 saturated heterocycles. The highest BCUT2D eigenvalue weighted by Crippen LogP contribution is 2.32. The molecule has 2 rings (SSSR count). The van der Waals surface area contributed by atoms with Crippen LogP contribution in [0, 0.1) is 0 Å². The second kappa shape index (κ2) is 7.36. The van der Waals surface area contributed by atoms with E-state index in [4.69, 9.17) is 23.2 Å². The van der Waals surface area contributed by atoms with Gasteiger partial charge in [-0.05, 0) is 31.5 Å². The van der Waals surface area contributed by atoms with Crippen LogP contribution in [0.2, 0.25) is 10.0 Å². The fraction of sp³-hybridized carbons (Fsp3) is 0.429. The van der Waals surface area contributed by atoms with Gasteiger partial charge in [0.2, 0.25) is 0 Å². The van der Waals surface area contributed by atoms with Crippen molar-refractivity contribution < 1.29 is 0 Å². The van der Waals surface area contributed by atoms with Gasteiger partial charge in [-0.15, -0.1) is 10.2 Å². The summed E-state index contributed by atoms with van der Waals surface area (Å²) in [5.74, 6) is 0. The molecule has 1 unspecified atom stereocenters. The van der Waals surface area contributed by atoms with Crippen LogP contribution >= 0.6 is 34.5 Å². The molecule has 0 bridgehead atoms. The van der Waals surface area contributed by atoms with Crippen LogP contribution in [-0.4, -0.2) is 16.7 Å². The lowest BCUT2D eigenvalue weighted by atomic mass is 10.2. The summed E-state index contributed by atoms with van der Waals surface area (Å²) < 4.78 is 0. The molecule has 0 aliphatic heterocycles. The maximum Gasteiger partial charge on any atom is 0.147 e. The normalized spacial score (nSPS) is 12.6. The summed E-state index contributed by atoms with van der Waals surface area (Å²) in [6, 6.07) is 5.80. The summed E-state index contributed by atoms with van der Waals surface area (Å²) in [4.78, 5) is 0. The van der Waals surface area contributed by atoms with Gasteiger partial charge in [0.15, 0.2) is 0 Å². The molecule has 0 fully saturated rings. The van der Waals surface area contributed by atoms with Crippen molar-refractivity contribution in [2.24, 2.45) is 0 Å². The molecule has 6 heteroatoms. The maximum atomic E-state index is 6.04. The van der Waals surface area contributed by atoms with Crippen molar-refractivity contribution in [2.45, 2.75) is 32.7 Å². The van der Waals surface area contributed by atoms with Gasteiger partial charge < -0.3 is 5.32 Å². The highest BCUT2D eigenvalue weighted by Gasteiger charge is 2.15. The van der Waals surface area contributed by atoms with Gasteiger partial charge in [-0.1, -0.05) is 54.5 Å². The van der Waals surface area contributed by atoms with Crippen molar-refractivity contribution in [1.29, 1.82) is 0 Å². The van der Waals surface area contributed by atoms with E-state index in [0.29, 0.717) is 10.0 Å². The SMILES string of the molecule is CCCNC(CC)c1nnc(-c2ccc(Cl)c(Cl)c2)s1. The van der Waals surface area contributed by atoms with Crippen molar-refractivity contribution in [3.8, 4) is 10.6 Å². The highest BCUT2D eigenvalue weighted by atomic mass is 35.5. The van der Waals surface area contributed by atoms with Gasteiger partial charge in [0.25, 0.3) is 0 Å². The molecule has 2 aromatic rings. The van der Waals surface area contributed by atoms with E-state index in [-0.39, 0.29) is 6.04 Å². The van der Waals surface area contributed by atoms with E-state index >= 15 is 0 Å². The third-order valence-corrected chi connectivity index (χ3v) is 4.78. The largest absolute Gasteiger partial charge is 0.308 e. The fourth-order valence-electron chi connectivity index (χ4n) is 1.85. The number of rotatable bonds is 6. The Morgan fingerprint density at radius 2 is 2.00 bits per heavy atom. The van der Waals surface area contributed by atoms with Crippen molar-refractivity contribution in [1.82, 2.24) is 15.5 Å². The van der Waals surface area contributed by atoms with Gasteiger partial charge in [0.1, 0.15) is 10.0 Å². The summed E-state index contributed by atoms with van der Waals surface area (Å²) >= 11 is 13.6. The molecule has 0 saturated carbocycles. The number of nitrogens with zero attached hydrogens (tertiary/aromatic N) is 2. The Kier molecular flexibility index (Phi) is 5.78. The molecular formula is C14H17Cl2N3S. The average molecular weight is 330 g/mol. The first-order valence-corrected chi connectivity index (χ1v) is 8.25. The smallest absolute Gasteiger partial charge is 0.147 e. The Balaban J connectivity index is 2.20. The maximum absolute atomic E-state index is 6.04. The zero-order valence-electron chi connectivity index (χ0n) is 11.5. The second-order valence-corrected chi connectivity index (χ2v) is 6.31. The quantitative estimate of drug-likeness (QED) is 0.813. The first-order chi connectivity index (χ1) is 9.65. The Bertz CT molecular complexity index is 571. The van der Waals surface area contributed by atoms with Crippen LogP contribution in [0.25, 0.3) is 10.6 Å². The lowest BCUT2D eigenvalue weighted by molar-refractivity contribution is 0.513.